The Morgan fingerprint density at radius 1 is 1.29 bits per heavy atom. The highest BCUT2D eigenvalue weighted by molar-refractivity contribution is 5.51. The second-order valence-electron chi connectivity index (χ2n) is 4.10. The zero-order chi connectivity index (χ0) is 12.5. The van der Waals surface area contributed by atoms with E-state index in [1.54, 1.807) is 6.07 Å². The van der Waals surface area contributed by atoms with Crippen molar-refractivity contribution in [2.24, 2.45) is 0 Å². The maximum absolute atomic E-state index is 8.66. The van der Waals surface area contributed by atoms with E-state index in [4.69, 9.17) is 15.7 Å². The molecular formula is C14H20N2O. The van der Waals surface area contributed by atoms with E-state index in [1.807, 2.05) is 12.1 Å². The Morgan fingerprint density at radius 3 is 2.82 bits per heavy atom. The molecule has 0 saturated heterocycles. The van der Waals surface area contributed by atoms with Crippen molar-refractivity contribution in [1.82, 2.24) is 0 Å². The van der Waals surface area contributed by atoms with E-state index in [0.717, 1.165) is 24.3 Å². The zero-order valence-electron chi connectivity index (χ0n) is 10.4. The fourth-order valence-electron chi connectivity index (χ4n) is 1.63. The number of unbranched alkanes of at least 4 members (excludes halogenated alkanes) is 3. The van der Waals surface area contributed by atoms with Gasteiger partial charge in [-0.05, 0) is 30.2 Å². The van der Waals surface area contributed by atoms with Gasteiger partial charge in [0.1, 0.15) is 5.75 Å². The maximum Gasteiger partial charge on any atom is 0.119 e. The Bertz CT molecular complexity index is 382. The predicted molar refractivity (Wildman–Crippen MR) is 69.8 cm³/mol. The molecule has 2 N–H and O–H groups in total. The van der Waals surface area contributed by atoms with Gasteiger partial charge in [-0.15, -0.1) is 0 Å². The molecule has 1 aromatic carbocycles. The lowest BCUT2D eigenvalue weighted by Crippen LogP contribution is -1.99. The summed E-state index contributed by atoms with van der Waals surface area (Å²) in [5.74, 6) is 0.806. The first-order valence-electron chi connectivity index (χ1n) is 6.16. The second kappa shape index (κ2) is 7.56. The highest BCUT2D eigenvalue weighted by Crippen LogP contribution is 2.20. The molecule has 0 spiro atoms. The molecule has 0 unspecified atom stereocenters. The van der Waals surface area contributed by atoms with Crippen LogP contribution in [0.3, 0.4) is 0 Å². The molecule has 0 aliphatic heterocycles. The number of anilines is 1. The van der Waals surface area contributed by atoms with Gasteiger partial charge in [-0.25, -0.2) is 0 Å². The van der Waals surface area contributed by atoms with Crippen molar-refractivity contribution in [3.05, 3.63) is 23.8 Å². The zero-order valence-corrected chi connectivity index (χ0v) is 10.4. The molecule has 0 atom stereocenters. The molecular weight excluding hydrogens is 212 g/mol. The van der Waals surface area contributed by atoms with Crippen LogP contribution in [0.15, 0.2) is 18.2 Å². The first kappa shape index (κ1) is 13.4. The van der Waals surface area contributed by atoms with E-state index in [2.05, 4.69) is 13.0 Å². The molecule has 1 aromatic rings. The summed E-state index contributed by atoms with van der Waals surface area (Å²) < 4.78 is 5.63. The lowest BCUT2D eigenvalue weighted by atomic mass is 10.1. The Morgan fingerprint density at radius 2 is 2.12 bits per heavy atom. The van der Waals surface area contributed by atoms with Crippen molar-refractivity contribution in [3.63, 3.8) is 0 Å². The molecule has 92 valence electrons. The first-order chi connectivity index (χ1) is 8.27. The Kier molecular flexibility index (Phi) is 5.95. The van der Waals surface area contributed by atoms with Crippen LogP contribution in [0.2, 0.25) is 0 Å². The van der Waals surface area contributed by atoms with Crippen LogP contribution in [0.4, 0.5) is 5.69 Å². The number of rotatable bonds is 7. The lowest BCUT2D eigenvalue weighted by Gasteiger charge is -2.08. The smallest absolute Gasteiger partial charge is 0.119 e. The third-order valence-electron chi connectivity index (χ3n) is 2.65. The van der Waals surface area contributed by atoms with Crippen LogP contribution < -0.4 is 10.5 Å². The number of nitriles is 1. The molecule has 0 heterocycles. The minimum atomic E-state index is 0.332. The molecule has 3 nitrogen and oxygen atoms in total. The number of nitrogen functional groups attached to an aromatic ring is 1. The van der Waals surface area contributed by atoms with Crippen molar-refractivity contribution in [2.75, 3.05) is 12.3 Å². The van der Waals surface area contributed by atoms with E-state index in [1.165, 1.54) is 19.3 Å². The van der Waals surface area contributed by atoms with Crippen LogP contribution >= 0.6 is 0 Å². The number of nitrogens with zero attached hydrogens (tertiary/aromatic N) is 1. The van der Waals surface area contributed by atoms with Crippen LogP contribution in [0.25, 0.3) is 0 Å². The van der Waals surface area contributed by atoms with Gasteiger partial charge in [0.25, 0.3) is 0 Å². The summed E-state index contributed by atoms with van der Waals surface area (Å²) in [6, 6.07) is 7.62. The van der Waals surface area contributed by atoms with E-state index in [-0.39, 0.29) is 0 Å². The normalized spacial score (nSPS) is 9.88. The largest absolute Gasteiger partial charge is 0.494 e. The number of benzene rings is 1. The number of hydrogen-bond donors (Lipinski definition) is 1. The highest BCUT2D eigenvalue weighted by Gasteiger charge is 2.01. The first-order valence-corrected chi connectivity index (χ1v) is 6.16. The summed E-state index contributed by atoms with van der Waals surface area (Å²) >= 11 is 0. The molecule has 0 fully saturated rings. The van der Waals surface area contributed by atoms with Crippen molar-refractivity contribution in [2.45, 2.75) is 39.0 Å². The van der Waals surface area contributed by atoms with Gasteiger partial charge >= 0.3 is 0 Å². The van der Waals surface area contributed by atoms with Gasteiger partial charge in [-0.1, -0.05) is 26.2 Å². The van der Waals surface area contributed by atoms with E-state index in [9.17, 15) is 0 Å². The van der Waals surface area contributed by atoms with Gasteiger partial charge in [-0.2, -0.15) is 5.26 Å². The molecule has 0 bridgehead atoms. The van der Waals surface area contributed by atoms with Crippen LogP contribution in [-0.4, -0.2) is 6.61 Å². The van der Waals surface area contributed by atoms with Crippen molar-refractivity contribution < 1.29 is 4.74 Å². The van der Waals surface area contributed by atoms with Gasteiger partial charge in [-0.3, -0.25) is 0 Å². The monoisotopic (exact) mass is 232 g/mol. The fourth-order valence-corrected chi connectivity index (χ4v) is 1.63. The van der Waals surface area contributed by atoms with Crippen LogP contribution in [0, 0.1) is 11.3 Å². The molecule has 3 heteroatoms. The van der Waals surface area contributed by atoms with Gasteiger partial charge < -0.3 is 10.5 Å². The number of nitrogens with two attached hydrogens (primary N) is 1. The maximum atomic E-state index is 8.66. The van der Waals surface area contributed by atoms with Crippen molar-refractivity contribution in [1.29, 1.82) is 5.26 Å². The van der Waals surface area contributed by atoms with E-state index < -0.39 is 0 Å². The molecule has 0 saturated carbocycles. The third kappa shape index (κ3) is 4.78. The van der Waals surface area contributed by atoms with Crippen molar-refractivity contribution in [3.8, 4) is 11.8 Å². The predicted octanol–water partition coefficient (Wildman–Crippen LogP) is 3.29. The summed E-state index contributed by atoms with van der Waals surface area (Å²) in [5, 5.41) is 8.66. The van der Waals surface area contributed by atoms with E-state index in [0.29, 0.717) is 12.1 Å². The molecule has 0 aromatic heterocycles. The fraction of sp³-hybridized carbons (Fsp3) is 0.500. The van der Waals surface area contributed by atoms with Gasteiger partial charge in [0.15, 0.2) is 0 Å². The average Bonchev–Trinajstić information content (AvgIpc) is 2.33. The molecule has 0 aliphatic rings. The quantitative estimate of drug-likeness (QED) is 0.579. The summed E-state index contributed by atoms with van der Waals surface area (Å²) in [6.07, 6.45) is 5.10. The molecule has 0 amide bonds. The van der Waals surface area contributed by atoms with Gasteiger partial charge in [0, 0.05) is 5.69 Å². The average molecular weight is 232 g/mol. The van der Waals surface area contributed by atoms with Crippen LogP contribution in [0.1, 0.15) is 38.2 Å². The molecule has 0 aliphatic carbocycles. The molecule has 0 radical (unpaired) electrons. The summed E-state index contributed by atoms with van der Waals surface area (Å²) in [5.41, 5.74) is 7.27. The summed E-state index contributed by atoms with van der Waals surface area (Å²) in [4.78, 5) is 0. The standard InChI is InChI=1S/C14H20N2O/c1-2-3-4-5-10-17-13-6-7-14(16)12(11-13)8-9-15/h6-7,11H,2-5,8,10,16H2,1H3. The Hall–Kier alpha value is -1.69. The highest BCUT2D eigenvalue weighted by atomic mass is 16.5. The minimum absolute atomic E-state index is 0.332. The SMILES string of the molecule is CCCCCCOc1ccc(N)c(CC#N)c1. The third-order valence-corrected chi connectivity index (χ3v) is 2.65. The summed E-state index contributed by atoms with van der Waals surface area (Å²) in [6.45, 7) is 2.92. The van der Waals surface area contributed by atoms with Gasteiger partial charge in [0.05, 0.1) is 19.1 Å². The lowest BCUT2D eigenvalue weighted by molar-refractivity contribution is 0.305. The van der Waals surface area contributed by atoms with Crippen LogP contribution in [-0.2, 0) is 6.42 Å². The Labute approximate surface area is 103 Å². The minimum Gasteiger partial charge on any atom is -0.494 e. The van der Waals surface area contributed by atoms with Crippen LogP contribution in [0.5, 0.6) is 5.75 Å². The van der Waals surface area contributed by atoms with Gasteiger partial charge in [0.2, 0.25) is 0 Å². The number of hydrogen-bond acceptors (Lipinski definition) is 3. The van der Waals surface area contributed by atoms with E-state index >= 15 is 0 Å². The van der Waals surface area contributed by atoms with Crippen molar-refractivity contribution >= 4 is 5.69 Å². The molecule has 1 rings (SSSR count). The topological polar surface area (TPSA) is 59.0 Å². The molecule has 17 heavy (non-hydrogen) atoms. The number of ether oxygens (including phenoxy) is 1. The Balaban J connectivity index is 2.43. The second-order valence-corrected chi connectivity index (χ2v) is 4.10. The summed E-state index contributed by atoms with van der Waals surface area (Å²) in [7, 11) is 0.